The van der Waals surface area contributed by atoms with E-state index in [0.717, 1.165) is 0 Å². The molecule has 0 aliphatic heterocycles. The summed E-state index contributed by atoms with van der Waals surface area (Å²) in [5, 5.41) is 14.9. The Morgan fingerprint density at radius 2 is 1.72 bits per heavy atom. The van der Waals surface area contributed by atoms with Gasteiger partial charge < -0.3 is 20.5 Å². The summed E-state index contributed by atoms with van der Waals surface area (Å²) >= 11 is 0. The molecule has 1 atom stereocenters. The third kappa shape index (κ3) is 8.31. The van der Waals surface area contributed by atoms with Crippen molar-refractivity contribution >= 4 is 6.03 Å². The Labute approximate surface area is 110 Å². The molecule has 0 saturated heterocycles. The highest BCUT2D eigenvalue weighted by Gasteiger charge is 2.22. The monoisotopic (exact) mass is 260 g/mol. The second kappa shape index (κ2) is 6.95. The Kier molecular flexibility index (Phi) is 6.63. The van der Waals surface area contributed by atoms with Crippen LogP contribution in [0.2, 0.25) is 0 Å². The lowest BCUT2D eigenvalue weighted by atomic mass is 9.87. The van der Waals surface area contributed by atoms with Crippen molar-refractivity contribution in [1.82, 2.24) is 10.6 Å². The second-order valence-electron chi connectivity index (χ2n) is 6.22. The number of aliphatic hydroxyl groups is 1. The Morgan fingerprint density at radius 3 is 2.17 bits per heavy atom. The minimum absolute atomic E-state index is 0.123. The molecule has 108 valence electrons. The van der Waals surface area contributed by atoms with Gasteiger partial charge in [-0.05, 0) is 32.6 Å². The van der Waals surface area contributed by atoms with Crippen LogP contribution in [0, 0.1) is 5.41 Å². The van der Waals surface area contributed by atoms with Crippen LogP contribution >= 0.6 is 0 Å². The summed E-state index contributed by atoms with van der Waals surface area (Å²) in [7, 11) is 1.62. The SMILES string of the molecule is COC(C)(C)CNC(=O)NCC(C)(C)CC(C)O. The fourth-order valence-corrected chi connectivity index (χ4v) is 1.62. The number of carbonyl (C=O) groups excluding carboxylic acids is 1. The van der Waals surface area contributed by atoms with E-state index in [1.54, 1.807) is 14.0 Å². The molecule has 5 heteroatoms. The molecule has 2 amide bonds. The van der Waals surface area contributed by atoms with Crippen molar-refractivity contribution in [2.75, 3.05) is 20.2 Å². The molecular weight excluding hydrogens is 232 g/mol. The van der Waals surface area contributed by atoms with E-state index in [9.17, 15) is 9.90 Å². The quantitative estimate of drug-likeness (QED) is 0.650. The molecule has 1 unspecified atom stereocenters. The van der Waals surface area contributed by atoms with Crippen LogP contribution in [0.15, 0.2) is 0 Å². The van der Waals surface area contributed by atoms with Crippen molar-refractivity contribution in [3.63, 3.8) is 0 Å². The topological polar surface area (TPSA) is 70.6 Å². The normalized spacial score (nSPS) is 14.2. The highest BCUT2D eigenvalue weighted by Crippen LogP contribution is 2.20. The van der Waals surface area contributed by atoms with Crippen molar-refractivity contribution < 1.29 is 14.6 Å². The van der Waals surface area contributed by atoms with Gasteiger partial charge in [0.2, 0.25) is 0 Å². The molecule has 0 aliphatic carbocycles. The third-order valence-electron chi connectivity index (χ3n) is 2.80. The maximum Gasteiger partial charge on any atom is 0.314 e. The summed E-state index contributed by atoms with van der Waals surface area (Å²) in [5.41, 5.74) is -0.491. The average Bonchev–Trinajstić information content (AvgIpc) is 2.22. The highest BCUT2D eigenvalue weighted by molar-refractivity contribution is 5.73. The van der Waals surface area contributed by atoms with Gasteiger partial charge in [0.1, 0.15) is 0 Å². The van der Waals surface area contributed by atoms with E-state index in [2.05, 4.69) is 10.6 Å². The molecule has 0 aliphatic rings. The molecule has 0 aromatic rings. The first-order chi connectivity index (χ1) is 8.08. The van der Waals surface area contributed by atoms with Crippen LogP contribution in [-0.4, -0.2) is 43.0 Å². The maximum absolute atomic E-state index is 11.6. The summed E-state index contributed by atoms with van der Waals surface area (Å²) in [6.45, 7) is 10.6. The van der Waals surface area contributed by atoms with Gasteiger partial charge in [-0.15, -0.1) is 0 Å². The number of nitrogens with one attached hydrogen (secondary N) is 2. The summed E-state index contributed by atoms with van der Waals surface area (Å²) in [6, 6.07) is -0.209. The Hall–Kier alpha value is -0.810. The van der Waals surface area contributed by atoms with E-state index in [0.29, 0.717) is 19.5 Å². The van der Waals surface area contributed by atoms with Crippen LogP contribution in [0.5, 0.6) is 0 Å². The predicted molar refractivity (Wildman–Crippen MR) is 72.6 cm³/mol. The van der Waals surface area contributed by atoms with Gasteiger partial charge >= 0.3 is 6.03 Å². The summed E-state index contributed by atoms with van der Waals surface area (Å²) in [4.78, 5) is 11.6. The zero-order valence-corrected chi connectivity index (χ0v) is 12.5. The van der Waals surface area contributed by atoms with E-state index in [1.807, 2.05) is 27.7 Å². The van der Waals surface area contributed by atoms with E-state index >= 15 is 0 Å². The van der Waals surface area contributed by atoms with Gasteiger partial charge in [-0.2, -0.15) is 0 Å². The number of urea groups is 1. The average molecular weight is 260 g/mol. The van der Waals surface area contributed by atoms with Crippen molar-refractivity contribution in [2.24, 2.45) is 5.41 Å². The molecule has 0 radical (unpaired) electrons. The minimum atomic E-state index is -0.369. The van der Waals surface area contributed by atoms with Gasteiger partial charge in [0.15, 0.2) is 0 Å². The molecule has 0 bridgehead atoms. The van der Waals surface area contributed by atoms with Crippen molar-refractivity contribution in [3.05, 3.63) is 0 Å². The number of rotatable bonds is 7. The lowest BCUT2D eigenvalue weighted by Gasteiger charge is -2.27. The second-order valence-corrected chi connectivity index (χ2v) is 6.22. The molecule has 5 nitrogen and oxygen atoms in total. The maximum atomic E-state index is 11.6. The summed E-state index contributed by atoms with van der Waals surface area (Å²) < 4.78 is 5.21. The van der Waals surface area contributed by atoms with Crippen LogP contribution in [0.25, 0.3) is 0 Å². The molecule has 0 saturated carbocycles. The first-order valence-corrected chi connectivity index (χ1v) is 6.33. The van der Waals surface area contributed by atoms with Crippen LogP contribution in [0.4, 0.5) is 4.79 Å². The number of amides is 2. The van der Waals surface area contributed by atoms with Crippen LogP contribution in [-0.2, 0) is 4.74 Å². The number of hydrogen-bond donors (Lipinski definition) is 3. The van der Waals surface area contributed by atoms with E-state index in [-0.39, 0.29) is 23.2 Å². The number of hydrogen-bond acceptors (Lipinski definition) is 3. The number of methoxy groups -OCH3 is 1. The number of aliphatic hydroxyl groups excluding tert-OH is 1. The molecule has 18 heavy (non-hydrogen) atoms. The molecule has 0 fully saturated rings. The highest BCUT2D eigenvalue weighted by atomic mass is 16.5. The van der Waals surface area contributed by atoms with Gasteiger partial charge in [0.25, 0.3) is 0 Å². The van der Waals surface area contributed by atoms with E-state index in [4.69, 9.17) is 4.74 Å². The zero-order chi connectivity index (χ0) is 14.4. The zero-order valence-electron chi connectivity index (χ0n) is 12.5. The first kappa shape index (κ1) is 17.2. The van der Waals surface area contributed by atoms with E-state index < -0.39 is 0 Å². The fourth-order valence-electron chi connectivity index (χ4n) is 1.62. The van der Waals surface area contributed by atoms with Crippen molar-refractivity contribution in [1.29, 1.82) is 0 Å². The van der Waals surface area contributed by atoms with Gasteiger partial charge in [0, 0.05) is 20.2 Å². The lowest BCUT2D eigenvalue weighted by molar-refractivity contribution is 0.0253. The standard InChI is InChI=1S/C13H28N2O3/c1-10(16)7-12(2,3)8-14-11(17)15-9-13(4,5)18-6/h10,16H,7-9H2,1-6H3,(H2,14,15,17). The fraction of sp³-hybridized carbons (Fsp3) is 0.923. The molecule has 0 rings (SSSR count). The smallest absolute Gasteiger partial charge is 0.314 e. The number of ether oxygens (including phenoxy) is 1. The molecular formula is C13H28N2O3. The van der Waals surface area contributed by atoms with E-state index in [1.165, 1.54) is 0 Å². The van der Waals surface area contributed by atoms with Crippen LogP contribution < -0.4 is 10.6 Å². The Morgan fingerprint density at radius 1 is 1.22 bits per heavy atom. The van der Waals surface area contributed by atoms with Gasteiger partial charge in [0.05, 0.1) is 11.7 Å². The molecule has 0 heterocycles. The largest absolute Gasteiger partial charge is 0.393 e. The molecule has 0 spiro atoms. The first-order valence-electron chi connectivity index (χ1n) is 6.33. The Balaban J connectivity index is 3.97. The predicted octanol–water partition coefficient (Wildman–Crippen LogP) is 1.51. The van der Waals surface area contributed by atoms with Crippen LogP contribution in [0.3, 0.4) is 0 Å². The molecule has 0 aromatic carbocycles. The summed E-state index contributed by atoms with van der Waals surface area (Å²) in [6.07, 6.45) is 0.286. The van der Waals surface area contributed by atoms with Crippen molar-refractivity contribution in [2.45, 2.75) is 52.7 Å². The van der Waals surface area contributed by atoms with Gasteiger partial charge in [-0.25, -0.2) is 4.79 Å². The lowest BCUT2D eigenvalue weighted by Crippen LogP contribution is -2.46. The van der Waals surface area contributed by atoms with Gasteiger partial charge in [-0.3, -0.25) is 0 Å². The van der Waals surface area contributed by atoms with Crippen LogP contribution in [0.1, 0.15) is 41.0 Å². The minimum Gasteiger partial charge on any atom is -0.393 e. The Bertz CT molecular complexity index is 263. The van der Waals surface area contributed by atoms with Gasteiger partial charge in [-0.1, -0.05) is 13.8 Å². The molecule has 0 aromatic heterocycles. The summed E-state index contributed by atoms with van der Waals surface area (Å²) in [5.74, 6) is 0. The molecule has 3 N–H and O–H groups in total. The van der Waals surface area contributed by atoms with Crippen molar-refractivity contribution in [3.8, 4) is 0 Å². The third-order valence-corrected chi connectivity index (χ3v) is 2.80. The number of carbonyl (C=O) groups is 1.